The van der Waals surface area contributed by atoms with Gasteiger partial charge in [-0.15, -0.1) is 0 Å². The molecule has 2 rings (SSSR count). The zero-order chi connectivity index (χ0) is 15.6. The molecule has 0 amide bonds. The van der Waals surface area contributed by atoms with E-state index in [9.17, 15) is 22.4 Å². The summed E-state index contributed by atoms with van der Waals surface area (Å²) >= 11 is 0. The maximum Gasteiger partial charge on any atom is 0.416 e. The Morgan fingerprint density at radius 1 is 1.43 bits per heavy atom. The van der Waals surface area contributed by atoms with Crippen LogP contribution in [0.4, 0.5) is 23.2 Å². The Balaban J connectivity index is 2.05. The van der Waals surface area contributed by atoms with Gasteiger partial charge in [0.25, 0.3) is 0 Å². The second kappa shape index (κ2) is 5.88. The van der Waals surface area contributed by atoms with E-state index in [1.807, 2.05) is 0 Å². The number of carbonyl (C=O) groups is 1. The standard InChI is InChI=1S/C13H13F4NO3/c14-10-5-8(13(15,16)17)1-2-11(10)18-4-3-9(6-18)21-7-12(19)20/h1-2,5,9H,3-4,6-7H2,(H,19,20). The van der Waals surface area contributed by atoms with Crippen molar-refractivity contribution < 1.29 is 32.2 Å². The number of rotatable bonds is 4. The molecule has 1 aromatic carbocycles. The molecule has 1 aliphatic rings. The number of aliphatic carboxylic acids is 1. The van der Waals surface area contributed by atoms with Crippen molar-refractivity contribution in [2.24, 2.45) is 0 Å². The molecule has 0 radical (unpaired) electrons. The number of anilines is 1. The van der Waals surface area contributed by atoms with E-state index >= 15 is 0 Å². The summed E-state index contributed by atoms with van der Waals surface area (Å²) in [6, 6.07) is 2.36. The first-order valence-electron chi connectivity index (χ1n) is 6.22. The molecule has 1 saturated heterocycles. The van der Waals surface area contributed by atoms with Gasteiger partial charge in [-0.3, -0.25) is 0 Å². The molecule has 0 bridgehead atoms. The van der Waals surface area contributed by atoms with Crippen LogP contribution in [-0.4, -0.2) is 36.9 Å². The van der Waals surface area contributed by atoms with Crippen molar-refractivity contribution in [3.8, 4) is 0 Å². The molecule has 0 spiro atoms. The molecule has 21 heavy (non-hydrogen) atoms. The summed E-state index contributed by atoms with van der Waals surface area (Å²) in [5, 5.41) is 8.50. The molecule has 0 aromatic heterocycles. The van der Waals surface area contributed by atoms with Crippen LogP contribution in [0.15, 0.2) is 18.2 Å². The van der Waals surface area contributed by atoms with Crippen LogP contribution in [0, 0.1) is 5.82 Å². The average molecular weight is 307 g/mol. The quantitative estimate of drug-likeness (QED) is 0.869. The summed E-state index contributed by atoms with van der Waals surface area (Å²) in [5.41, 5.74) is -0.981. The van der Waals surface area contributed by atoms with Crippen LogP contribution in [0.1, 0.15) is 12.0 Å². The van der Waals surface area contributed by atoms with E-state index in [-0.39, 0.29) is 18.3 Å². The molecule has 1 unspecified atom stereocenters. The number of nitrogens with zero attached hydrogens (tertiary/aromatic N) is 1. The summed E-state index contributed by atoms with van der Waals surface area (Å²) < 4.78 is 56.3. The first kappa shape index (κ1) is 15.6. The van der Waals surface area contributed by atoms with Gasteiger partial charge in [0.15, 0.2) is 0 Å². The Labute approximate surface area is 117 Å². The third kappa shape index (κ3) is 3.84. The molecule has 1 aromatic rings. The second-order valence-electron chi connectivity index (χ2n) is 4.73. The highest BCUT2D eigenvalue weighted by Gasteiger charge is 2.32. The summed E-state index contributed by atoms with van der Waals surface area (Å²) in [5.74, 6) is -2.06. The van der Waals surface area contributed by atoms with Crippen LogP contribution in [-0.2, 0) is 15.7 Å². The monoisotopic (exact) mass is 307 g/mol. The van der Waals surface area contributed by atoms with E-state index < -0.39 is 30.1 Å². The fourth-order valence-electron chi connectivity index (χ4n) is 2.21. The minimum atomic E-state index is -4.59. The van der Waals surface area contributed by atoms with Crippen LogP contribution in [0.25, 0.3) is 0 Å². The van der Waals surface area contributed by atoms with Crippen molar-refractivity contribution in [2.45, 2.75) is 18.7 Å². The van der Waals surface area contributed by atoms with E-state index in [1.54, 1.807) is 4.90 Å². The van der Waals surface area contributed by atoms with Gasteiger partial charge in [0.2, 0.25) is 0 Å². The normalized spacial score (nSPS) is 19.0. The number of carboxylic acids is 1. The fourth-order valence-corrected chi connectivity index (χ4v) is 2.21. The molecule has 1 N–H and O–H groups in total. The summed E-state index contributed by atoms with van der Waals surface area (Å²) in [6.07, 6.45) is -4.46. The molecule has 1 aliphatic heterocycles. The number of ether oxygens (including phenoxy) is 1. The SMILES string of the molecule is O=C(O)COC1CCN(c2ccc(C(F)(F)F)cc2F)C1. The third-order valence-electron chi connectivity index (χ3n) is 3.20. The van der Waals surface area contributed by atoms with E-state index in [2.05, 4.69) is 0 Å². The highest BCUT2D eigenvalue weighted by atomic mass is 19.4. The number of halogens is 4. The van der Waals surface area contributed by atoms with Gasteiger partial charge in [0.1, 0.15) is 12.4 Å². The average Bonchev–Trinajstić information content (AvgIpc) is 2.83. The second-order valence-corrected chi connectivity index (χ2v) is 4.73. The first-order chi connectivity index (χ1) is 9.77. The molecular weight excluding hydrogens is 294 g/mol. The minimum absolute atomic E-state index is 0.0597. The van der Waals surface area contributed by atoms with E-state index in [4.69, 9.17) is 9.84 Å². The highest BCUT2D eigenvalue weighted by molar-refractivity contribution is 5.68. The van der Waals surface area contributed by atoms with Gasteiger partial charge in [-0.05, 0) is 24.6 Å². The molecule has 4 nitrogen and oxygen atoms in total. The predicted octanol–water partition coefficient (Wildman–Crippen LogP) is 2.52. The Morgan fingerprint density at radius 3 is 2.71 bits per heavy atom. The van der Waals surface area contributed by atoms with Crippen molar-refractivity contribution in [1.29, 1.82) is 0 Å². The minimum Gasteiger partial charge on any atom is -0.480 e. The van der Waals surface area contributed by atoms with Crippen LogP contribution < -0.4 is 4.90 Å². The fraction of sp³-hybridized carbons (Fsp3) is 0.462. The smallest absolute Gasteiger partial charge is 0.416 e. The first-order valence-corrected chi connectivity index (χ1v) is 6.22. The summed E-state index contributed by atoms with van der Waals surface area (Å²) in [4.78, 5) is 11.9. The lowest BCUT2D eigenvalue weighted by Crippen LogP contribution is -2.25. The Morgan fingerprint density at radius 2 is 2.14 bits per heavy atom. The van der Waals surface area contributed by atoms with Gasteiger partial charge in [-0.25, -0.2) is 9.18 Å². The summed E-state index contributed by atoms with van der Waals surface area (Å²) in [7, 11) is 0. The lowest BCUT2D eigenvalue weighted by Gasteiger charge is -2.20. The van der Waals surface area contributed by atoms with Gasteiger partial charge in [-0.2, -0.15) is 13.2 Å². The van der Waals surface area contributed by atoms with Crippen LogP contribution in [0.3, 0.4) is 0 Å². The Bertz CT molecular complexity index is 533. The van der Waals surface area contributed by atoms with Gasteiger partial charge >= 0.3 is 12.1 Å². The van der Waals surface area contributed by atoms with E-state index in [0.29, 0.717) is 19.0 Å². The van der Waals surface area contributed by atoms with E-state index in [1.165, 1.54) is 0 Å². The molecule has 8 heteroatoms. The van der Waals surface area contributed by atoms with Gasteiger partial charge < -0.3 is 14.7 Å². The van der Waals surface area contributed by atoms with Crippen LogP contribution in [0.5, 0.6) is 0 Å². The molecule has 0 aliphatic carbocycles. The number of alkyl halides is 3. The zero-order valence-corrected chi connectivity index (χ0v) is 10.9. The number of hydrogen-bond acceptors (Lipinski definition) is 3. The largest absolute Gasteiger partial charge is 0.480 e. The molecular formula is C13H13F4NO3. The van der Waals surface area contributed by atoms with Crippen LogP contribution in [0.2, 0.25) is 0 Å². The molecule has 1 heterocycles. The van der Waals surface area contributed by atoms with E-state index in [0.717, 1.165) is 12.1 Å². The van der Waals surface area contributed by atoms with Gasteiger partial charge in [-0.1, -0.05) is 0 Å². The van der Waals surface area contributed by atoms with Crippen molar-refractivity contribution in [1.82, 2.24) is 0 Å². The third-order valence-corrected chi connectivity index (χ3v) is 3.20. The van der Waals surface area contributed by atoms with Gasteiger partial charge in [0.05, 0.1) is 17.4 Å². The number of benzene rings is 1. The van der Waals surface area contributed by atoms with Crippen molar-refractivity contribution >= 4 is 11.7 Å². The van der Waals surface area contributed by atoms with Crippen molar-refractivity contribution in [3.63, 3.8) is 0 Å². The van der Waals surface area contributed by atoms with Crippen molar-refractivity contribution in [2.75, 3.05) is 24.6 Å². The number of hydrogen-bond donors (Lipinski definition) is 1. The molecule has 116 valence electrons. The highest BCUT2D eigenvalue weighted by Crippen LogP contribution is 2.33. The van der Waals surface area contributed by atoms with Crippen molar-refractivity contribution in [3.05, 3.63) is 29.6 Å². The van der Waals surface area contributed by atoms with Gasteiger partial charge in [0, 0.05) is 13.1 Å². The topological polar surface area (TPSA) is 49.8 Å². The summed E-state index contributed by atoms with van der Waals surface area (Å²) in [6.45, 7) is 0.191. The Kier molecular flexibility index (Phi) is 4.36. The molecule has 1 atom stereocenters. The molecule has 0 saturated carbocycles. The molecule has 1 fully saturated rings. The lowest BCUT2D eigenvalue weighted by molar-refractivity contribution is -0.144. The predicted molar refractivity (Wildman–Crippen MR) is 65.6 cm³/mol. The maximum absolute atomic E-state index is 13.8. The zero-order valence-electron chi connectivity index (χ0n) is 10.9. The maximum atomic E-state index is 13.8. The lowest BCUT2D eigenvalue weighted by atomic mass is 10.2. The van der Waals surface area contributed by atoms with Crippen LogP contribution >= 0.6 is 0 Å². The Hall–Kier alpha value is -1.83. The number of carboxylic acid groups (broad SMARTS) is 1.